The minimum Gasteiger partial charge on any atom is -0.379 e. The highest BCUT2D eigenvalue weighted by Gasteiger charge is 2.02. The third kappa shape index (κ3) is 4.89. The minimum atomic E-state index is -0.171. The van der Waals surface area contributed by atoms with Gasteiger partial charge in [0.25, 0.3) is 0 Å². The van der Waals surface area contributed by atoms with Gasteiger partial charge in [-0.2, -0.15) is 0 Å². The molecule has 21 heavy (non-hydrogen) atoms. The Morgan fingerprint density at radius 1 is 1.24 bits per heavy atom. The predicted octanol–water partition coefficient (Wildman–Crippen LogP) is 2.59. The third-order valence-corrected chi connectivity index (χ3v) is 2.87. The Bertz CT molecular complexity index is 597. The number of ether oxygens (including phenoxy) is 1. The fraction of sp³-hybridized carbons (Fsp3) is 0.250. The lowest BCUT2D eigenvalue weighted by Gasteiger charge is -2.09. The first-order chi connectivity index (χ1) is 10.2. The first-order valence-corrected chi connectivity index (χ1v) is 6.71. The Morgan fingerprint density at radius 2 is 2.05 bits per heavy atom. The summed E-state index contributed by atoms with van der Waals surface area (Å²) >= 11 is 0. The van der Waals surface area contributed by atoms with E-state index in [0.29, 0.717) is 6.54 Å². The molecule has 1 aromatic heterocycles. The molecule has 1 heterocycles. The minimum absolute atomic E-state index is 0.0466. The maximum Gasteiger partial charge on any atom is 0.250 e. The largest absolute Gasteiger partial charge is 0.379 e. The molecule has 0 aliphatic rings. The van der Waals surface area contributed by atoms with E-state index in [1.165, 1.54) is 7.11 Å². The smallest absolute Gasteiger partial charge is 0.250 e. The summed E-state index contributed by atoms with van der Waals surface area (Å²) in [6.07, 6.45) is 1.85. The number of aryl methyl sites for hydroxylation is 1. The van der Waals surface area contributed by atoms with Gasteiger partial charge < -0.3 is 15.4 Å². The summed E-state index contributed by atoms with van der Waals surface area (Å²) in [5.74, 6) is -0.171. The average molecular weight is 285 g/mol. The number of hydrogen-bond acceptors (Lipinski definition) is 4. The lowest BCUT2D eigenvalue weighted by Crippen LogP contribution is -2.17. The van der Waals surface area contributed by atoms with Crippen LogP contribution in [0.4, 0.5) is 11.4 Å². The summed E-state index contributed by atoms with van der Waals surface area (Å²) in [5.41, 5.74) is 3.77. The summed E-state index contributed by atoms with van der Waals surface area (Å²) in [5, 5.41) is 6.05. The topological polar surface area (TPSA) is 63.2 Å². The number of carbonyl (C=O) groups excluding carboxylic acids is 1. The molecular formula is C16H19N3O2. The number of carbonyl (C=O) groups is 1. The number of amides is 1. The maximum absolute atomic E-state index is 11.5. The molecule has 0 aliphatic carbocycles. The highest BCUT2D eigenvalue weighted by molar-refractivity contribution is 5.92. The summed E-state index contributed by atoms with van der Waals surface area (Å²) in [4.78, 5) is 15.8. The Hall–Kier alpha value is -2.40. The molecule has 0 unspecified atom stereocenters. The molecule has 110 valence electrons. The predicted molar refractivity (Wildman–Crippen MR) is 83.2 cm³/mol. The zero-order chi connectivity index (χ0) is 15.1. The number of aromatic nitrogens is 1. The molecule has 1 amide bonds. The molecule has 2 rings (SSSR count). The molecule has 2 N–H and O–H groups in total. The molecular weight excluding hydrogens is 266 g/mol. The monoisotopic (exact) mass is 285 g/mol. The number of rotatable bonds is 6. The van der Waals surface area contributed by atoms with Gasteiger partial charge in [0.2, 0.25) is 5.91 Å². The fourth-order valence-corrected chi connectivity index (χ4v) is 1.83. The van der Waals surface area contributed by atoms with Crippen LogP contribution in [0.15, 0.2) is 42.6 Å². The second kappa shape index (κ2) is 7.40. The summed E-state index contributed by atoms with van der Waals surface area (Å²) < 4.78 is 4.79. The SMILES string of the molecule is COCC(=O)Nc1cccc(NCc2ccc(C)cn2)c1. The highest BCUT2D eigenvalue weighted by Crippen LogP contribution is 2.15. The van der Waals surface area contributed by atoms with Crippen molar-refractivity contribution in [3.8, 4) is 0 Å². The number of hydrogen-bond donors (Lipinski definition) is 2. The lowest BCUT2D eigenvalue weighted by atomic mass is 10.2. The van der Waals surface area contributed by atoms with Gasteiger partial charge in [-0.05, 0) is 36.8 Å². The number of anilines is 2. The number of nitrogens with one attached hydrogen (secondary N) is 2. The van der Waals surface area contributed by atoms with E-state index < -0.39 is 0 Å². The molecule has 0 aliphatic heterocycles. The van der Waals surface area contributed by atoms with Crippen molar-refractivity contribution in [2.75, 3.05) is 24.4 Å². The third-order valence-electron chi connectivity index (χ3n) is 2.87. The van der Waals surface area contributed by atoms with Gasteiger partial charge in [-0.25, -0.2) is 0 Å². The van der Waals surface area contributed by atoms with Crippen molar-refractivity contribution in [2.24, 2.45) is 0 Å². The van der Waals surface area contributed by atoms with Crippen LogP contribution in [0.2, 0.25) is 0 Å². The van der Waals surface area contributed by atoms with E-state index in [4.69, 9.17) is 4.74 Å². The Labute approximate surface area is 124 Å². The first-order valence-electron chi connectivity index (χ1n) is 6.71. The van der Waals surface area contributed by atoms with Crippen LogP contribution in [0.3, 0.4) is 0 Å². The molecule has 0 radical (unpaired) electrons. The van der Waals surface area contributed by atoms with Gasteiger partial charge in [0, 0.05) is 24.7 Å². The quantitative estimate of drug-likeness (QED) is 0.856. The zero-order valence-electron chi connectivity index (χ0n) is 12.2. The van der Waals surface area contributed by atoms with E-state index in [9.17, 15) is 4.79 Å². The summed E-state index contributed by atoms with van der Waals surface area (Å²) in [6, 6.07) is 11.6. The van der Waals surface area contributed by atoms with E-state index in [0.717, 1.165) is 22.6 Å². The van der Waals surface area contributed by atoms with Crippen molar-refractivity contribution in [2.45, 2.75) is 13.5 Å². The summed E-state index contributed by atoms with van der Waals surface area (Å²) in [6.45, 7) is 2.69. The Balaban J connectivity index is 1.94. The van der Waals surface area contributed by atoms with Crippen LogP contribution in [0.25, 0.3) is 0 Å². The maximum atomic E-state index is 11.5. The van der Waals surface area contributed by atoms with Gasteiger partial charge in [0.15, 0.2) is 0 Å². The van der Waals surface area contributed by atoms with Crippen molar-refractivity contribution < 1.29 is 9.53 Å². The lowest BCUT2D eigenvalue weighted by molar-refractivity contribution is -0.119. The van der Waals surface area contributed by atoms with E-state index >= 15 is 0 Å². The van der Waals surface area contributed by atoms with E-state index in [1.807, 2.05) is 49.5 Å². The molecule has 5 heteroatoms. The number of nitrogens with zero attached hydrogens (tertiary/aromatic N) is 1. The standard InChI is InChI=1S/C16H19N3O2/c1-12-6-7-15(17-9-12)10-18-13-4-3-5-14(8-13)19-16(20)11-21-2/h3-9,18H,10-11H2,1-2H3,(H,19,20). The van der Waals surface area contributed by atoms with Crippen molar-refractivity contribution in [3.63, 3.8) is 0 Å². The molecule has 0 saturated carbocycles. The van der Waals surface area contributed by atoms with Crippen LogP contribution in [-0.4, -0.2) is 24.6 Å². The molecule has 0 bridgehead atoms. The fourth-order valence-electron chi connectivity index (χ4n) is 1.83. The molecule has 0 atom stereocenters. The van der Waals surface area contributed by atoms with Crippen molar-refractivity contribution >= 4 is 17.3 Å². The van der Waals surface area contributed by atoms with Crippen LogP contribution in [0.1, 0.15) is 11.3 Å². The van der Waals surface area contributed by atoms with Crippen LogP contribution in [0, 0.1) is 6.92 Å². The molecule has 5 nitrogen and oxygen atoms in total. The number of benzene rings is 1. The van der Waals surface area contributed by atoms with Gasteiger partial charge in [0.1, 0.15) is 6.61 Å². The first kappa shape index (κ1) is 15.0. The molecule has 1 aromatic carbocycles. The second-order valence-corrected chi connectivity index (χ2v) is 4.74. The van der Waals surface area contributed by atoms with Gasteiger partial charge in [-0.3, -0.25) is 9.78 Å². The van der Waals surface area contributed by atoms with Gasteiger partial charge in [-0.1, -0.05) is 12.1 Å². The van der Waals surface area contributed by atoms with Crippen molar-refractivity contribution in [1.29, 1.82) is 0 Å². The van der Waals surface area contributed by atoms with Crippen LogP contribution in [0.5, 0.6) is 0 Å². The summed E-state index contributed by atoms with van der Waals surface area (Å²) in [7, 11) is 1.49. The molecule has 0 saturated heterocycles. The van der Waals surface area contributed by atoms with Crippen LogP contribution < -0.4 is 10.6 Å². The van der Waals surface area contributed by atoms with Crippen molar-refractivity contribution in [3.05, 3.63) is 53.9 Å². The van der Waals surface area contributed by atoms with Crippen molar-refractivity contribution in [1.82, 2.24) is 4.98 Å². The normalized spacial score (nSPS) is 10.2. The van der Waals surface area contributed by atoms with E-state index in [-0.39, 0.29) is 12.5 Å². The number of pyridine rings is 1. The van der Waals surface area contributed by atoms with Gasteiger partial charge in [0.05, 0.1) is 12.2 Å². The average Bonchev–Trinajstić information content (AvgIpc) is 2.47. The van der Waals surface area contributed by atoms with E-state index in [1.54, 1.807) is 0 Å². The van der Waals surface area contributed by atoms with Gasteiger partial charge in [-0.15, -0.1) is 0 Å². The molecule has 0 fully saturated rings. The zero-order valence-corrected chi connectivity index (χ0v) is 12.2. The second-order valence-electron chi connectivity index (χ2n) is 4.74. The van der Waals surface area contributed by atoms with Gasteiger partial charge >= 0.3 is 0 Å². The highest BCUT2D eigenvalue weighted by atomic mass is 16.5. The Kier molecular flexibility index (Phi) is 5.29. The number of methoxy groups -OCH3 is 1. The van der Waals surface area contributed by atoms with E-state index in [2.05, 4.69) is 15.6 Å². The molecule has 2 aromatic rings. The Morgan fingerprint density at radius 3 is 2.76 bits per heavy atom. The van der Waals surface area contributed by atoms with Crippen LogP contribution in [-0.2, 0) is 16.1 Å². The molecule has 0 spiro atoms. The van der Waals surface area contributed by atoms with Crippen LogP contribution >= 0.6 is 0 Å².